The van der Waals surface area contributed by atoms with Gasteiger partial charge in [0.15, 0.2) is 0 Å². The lowest BCUT2D eigenvalue weighted by Crippen LogP contribution is -2.40. The van der Waals surface area contributed by atoms with Gasteiger partial charge in [-0.15, -0.1) is 0 Å². The van der Waals surface area contributed by atoms with Crippen LogP contribution in [0.5, 0.6) is 0 Å². The summed E-state index contributed by atoms with van der Waals surface area (Å²) in [5.74, 6) is 0. The first-order valence-corrected chi connectivity index (χ1v) is 8.07. The highest BCUT2D eigenvalue weighted by Crippen LogP contribution is 2.28. The van der Waals surface area contributed by atoms with Gasteiger partial charge in [0.25, 0.3) is 0 Å². The van der Waals surface area contributed by atoms with Crippen molar-refractivity contribution in [2.45, 2.75) is 84.8 Å². The molecule has 0 aromatic heterocycles. The quantitative estimate of drug-likeness (QED) is 0.670. The summed E-state index contributed by atoms with van der Waals surface area (Å²) in [5, 5.41) is 0. The molecule has 0 aromatic rings. The third-order valence-corrected chi connectivity index (χ3v) is 3.54. The van der Waals surface area contributed by atoms with E-state index in [1.807, 2.05) is 25.7 Å². The number of allylic oxidation sites excluding steroid dienone is 1. The molecular weight excluding hydrogens is 250 g/mol. The molecule has 0 aliphatic carbocycles. The largest absolute Gasteiger partial charge is 0.444 e. The van der Waals surface area contributed by atoms with E-state index in [9.17, 15) is 4.79 Å². The van der Waals surface area contributed by atoms with Crippen LogP contribution in [-0.4, -0.2) is 29.2 Å². The molecule has 0 saturated carbocycles. The monoisotopic (exact) mass is 281 g/mol. The van der Waals surface area contributed by atoms with Gasteiger partial charge in [-0.05, 0) is 46.5 Å². The highest BCUT2D eigenvalue weighted by molar-refractivity contribution is 5.69. The van der Waals surface area contributed by atoms with Crippen LogP contribution in [0.25, 0.3) is 0 Å². The first-order valence-electron chi connectivity index (χ1n) is 8.07. The Balaban J connectivity index is 2.78. The predicted molar refractivity (Wildman–Crippen MR) is 83.9 cm³/mol. The number of hydrogen-bond acceptors (Lipinski definition) is 2. The number of ether oxygens (including phenoxy) is 1. The summed E-state index contributed by atoms with van der Waals surface area (Å²) in [5.41, 5.74) is 1.01. The van der Waals surface area contributed by atoms with Crippen molar-refractivity contribution in [2.75, 3.05) is 6.54 Å². The van der Waals surface area contributed by atoms with Crippen LogP contribution in [0.2, 0.25) is 0 Å². The summed E-state index contributed by atoms with van der Waals surface area (Å²) >= 11 is 0. The number of nitrogens with zero attached hydrogens (tertiary/aromatic N) is 1. The van der Waals surface area contributed by atoms with Crippen LogP contribution in [0.4, 0.5) is 4.79 Å². The fourth-order valence-electron chi connectivity index (χ4n) is 2.71. The molecule has 1 rings (SSSR count). The standard InChI is InChI=1S/C17H31NO2/c1-6-8-11-14(10-7-2)15-12-9-13-18(15)16(19)20-17(3,4)5/h11,15H,6-10,12-13H2,1-5H3/b14-11+. The minimum Gasteiger partial charge on any atom is -0.444 e. The molecular formula is C17H31NO2. The summed E-state index contributed by atoms with van der Waals surface area (Å²) in [6.07, 6.45) is 8.83. The first kappa shape index (κ1) is 17.1. The average molecular weight is 281 g/mol. The van der Waals surface area contributed by atoms with E-state index in [0.717, 1.165) is 45.1 Å². The van der Waals surface area contributed by atoms with Crippen molar-refractivity contribution in [1.82, 2.24) is 4.90 Å². The molecule has 0 spiro atoms. The van der Waals surface area contributed by atoms with Crippen molar-refractivity contribution in [3.05, 3.63) is 11.6 Å². The van der Waals surface area contributed by atoms with Gasteiger partial charge in [0.05, 0.1) is 6.04 Å². The Kier molecular flexibility index (Phi) is 6.57. The van der Waals surface area contributed by atoms with Crippen LogP contribution in [0.1, 0.15) is 73.1 Å². The van der Waals surface area contributed by atoms with Gasteiger partial charge in [-0.25, -0.2) is 4.79 Å². The van der Waals surface area contributed by atoms with Gasteiger partial charge in [0.1, 0.15) is 5.60 Å². The molecule has 0 aromatic carbocycles. The van der Waals surface area contributed by atoms with Crippen LogP contribution in [-0.2, 0) is 4.74 Å². The van der Waals surface area contributed by atoms with Crippen LogP contribution in [0.3, 0.4) is 0 Å². The molecule has 3 heteroatoms. The Bertz CT molecular complexity index is 341. The average Bonchev–Trinajstić information content (AvgIpc) is 2.81. The van der Waals surface area contributed by atoms with E-state index in [-0.39, 0.29) is 12.1 Å². The second-order valence-electron chi connectivity index (χ2n) is 6.65. The van der Waals surface area contributed by atoms with Crippen molar-refractivity contribution in [2.24, 2.45) is 0 Å². The second-order valence-corrected chi connectivity index (χ2v) is 6.65. The Labute approximate surface area is 124 Å². The number of likely N-dealkylation sites (tertiary alicyclic amines) is 1. The zero-order valence-electron chi connectivity index (χ0n) is 13.9. The molecule has 1 atom stereocenters. The van der Waals surface area contributed by atoms with Gasteiger partial charge >= 0.3 is 6.09 Å². The maximum absolute atomic E-state index is 12.3. The fraction of sp³-hybridized carbons (Fsp3) is 0.824. The topological polar surface area (TPSA) is 29.5 Å². The van der Waals surface area contributed by atoms with Gasteiger partial charge in [-0.2, -0.15) is 0 Å². The smallest absolute Gasteiger partial charge is 0.410 e. The number of rotatable bonds is 5. The van der Waals surface area contributed by atoms with Crippen LogP contribution in [0.15, 0.2) is 11.6 Å². The summed E-state index contributed by atoms with van der Waals surface area (Å²) in [6, 6.07) is 0.261. The van der Waals surface area contributed by atoms with Gasteiger partial charge in [0.2, 0.25) is 0 Å². The number of unbranched alkanes of at least 4 members (excludes halogenated alkanes) is 1. The van der Waals surface area contributed by atoms with Gasteiger partial charge < -0.3 is 9.64 Å². The Morgan fingerprint density at radius 2 is 2.00 bits per heavy atom. The van der Waals surface area contributed by atoms with E-state index in [1.165, 1.54) is 5.57 Å². The Morgan fingerprint density at radius 3 is 2.55 bits per heavy atom. The van der Waals surface area contributed by atoms with E-state index in [4.69, 9.17) is 4.74 Å². The lowest BCUT2D eigenvalue weighted by atomic mass is 9.98. The molecule has 1 fully saturated rings. The minimum atomic E-state index is -0.414. The zero-order chi connectivity index (χ0) is 15.2. The molecule has 0 N–H and O–H groups in total. The van der Waals surface area contributed by atoms with Gasteiger partial charge in [0, 0.05) is 6.54 Å². The predicted octanol–water partition coefficient (Wildman–Crippen LogP) is 4.91. The van der Waals surface area contributed by atoms with Gasteiger partial charge in [-0.1, -0.05) is 38.3 Å². The van der Waals surface area contributed by atoms with E-state index in [1.54, 1.807) is 0 Å². The zero-order valence-corrected chi connectivity index (χ0v) is 13.9. The molecule has 1 saturated heterocycles. The van der Waals surface area contributed by atoms with Crippen molar-refractivity contribution in [3.8, 4) is 0 Å². The number of amides is 1. The van der Waals surface area contributed by atoms with E-state index < -0.39 is 5.60 Å². The maximum Gasteiger partial charge on any atom is 0.410 e. The molecule has 1 heterocycles. The molecule has 0 radical (unpaired) electrons. The summed E-state index contributed by atoms with van der Waals surface area (Å²) in [6.45, 7) is 11.0. The number of hydrogen-bond donors (Lipinski definition) is 0. The third-order valence-electron chi connectivity index (χ3n) is 3.54. The molecule has 20 heavy (non-hydrogen) atoms. The molecule has 116 valence electrons. The summed E-state index contributed by atoms with van der Waals surface area (Å²) in [7, 11) is 0. The highest BCUT2D eigenvalue weighted by Gasteiger charge is 2.33. The van der Waals surface area contributed by atoms with Gasteiger partial charge in [-0.3, -0.25) is 0 Å². The number of carbonyl (C=O) groups excluding carboxylic acids is 1. The summed E-state index contributed by atoms with van der Waals surface area (Å²) < 4.78 is 5.54. The van der Waals surface area contributed by atoms with E-state index >= 15 is 0 Å². The Morgan fingerprint density at radius 1 is 1.30 bits per heavy atom. The minimum absolute atomic E-state index is 0.154. The Hall–Kier alpha value is -0.990. The molecule has 1 aliphatic heterocycles. The summed E-state index contributed by atoms with van der Waals surface area (Å²) in [4.78, 5) is 14.3. The lowest BCUT2D eigenvalue weighted by molar-refractivity contribution is 0.0247. The highest BCUT2D eigenvalue weighted by atomic mass is 16.6. The van der Waals surface area contributed by atoms with E-state index in [2.05, 4.69) is 19.9 Å². The fourth-order valence-corrected chi connectivity index (χ4v) is 2.71. The van der Waals surface area contributed by atoms with Crippen LogP contribution < -0.4 is 0 Å². The molecule has 0 bridgehead atoms. The SMILES string of the molecule is CCC/C=C(\CCC)C1CCCN1C(=O)OC(C)(C)C. The molecule has 1 unspecified atom stereocenters. The molecule has 1 aliphatic rings. The number of carbonyl (C=O) groups is 1. The third kappa shape index (κ3) is 5.18. The maximum atomic E-state index is 12.3. The van der Waals surface area contributed by atoms with Crippen LogP contribution in [0, 0.1) is 0 Å². The normalized spacial score (nSPS) is 20.4. The second kappa shape index (κ2) is 7.70. The van der Waals surface area contributed by atoms with Crippen molar-refractivity contribution in [1.29, 1.82) is 0 Å². The molecule has 1 amide bonds. The van der Waals surface area contributed by atoms with Crippen molar-refractivity contribution >= 4 is 6.09 Å². The molecule has 3 nitrogen and oxygen atoms in total. The van der Waals surface area contributed by atoms with E-state index in [0.29, 0.717) is 0 Å². The lowest BCUT2D eigenvalue weighted by Gasteiger charge is -2.30. The van der Waals surface area contributed by atoms with Crippen molar-refractivity contribution in [3.63, 3.8) is 0 Å². The van der Waals surface area contributed by atoms with Crippen LogP contribution >= 0.6 is 0 Å². The first-order chi connectivity index (χ1) is 9.39. The van der Waals surface area contributed by atoms with Crippen molar-refractivity contribution < 1.29 is 9.53 Å².